The first-order valence-electron chi connectivity index (χ1n) is 19.3. The maximum Gasteiger partial charge on any atom is 0.338 e. The third kappa shape index (κ3) is 11.1. The molecule has 288 valence electrons. The predicted molar refractivity (Wildman–Crippen MR) is 208 cm³/mol. The Morgan fingerprint density at radius 2 is 1.61 bits per heavy atom. The predicted octanol–water partition coefficient (Wildman–Crippen LogP) is 7.18. The third-order valence-electron chi connectivity index (χ3n) is 9.88. The van der Waals surface area contributed by atoms with Crippen LogP contribution in [0.25, 0.3) is 6.08 Å². The van der Waals surface area contributed by atoms with E-state index in [1.807, 2.05) is 48.6 Å². The number of aromatic hydroxyl groups is 1. The highest BCUT2D eigenvalue weighted by molar-refractivity contribution is 5.95. The van der Waals surface area contributed by atoms with E-state index in [0.717, 1.165) is 55.2 Å². The summed E-state index contributed by atoms with van der Waals surface area (Å²) in [7, 11) is 0. The van der Waals surface area contributed by atoms with Crippen molar-refractivity contribution in [3.63, 3.8) is 0 Å². The number of hydrogen-bond donors (Lipinski definition) is 4. The van der Waals surface area contributed by atoms with Gasteiger partial charge in [0.1, 0.15) is 24.1 Å². The molecule has 3 atom stereocenters. The Bertz CT molecular complexity index is 1760. The maximum absolute atomic E-state index is 13.7. The average molecular weight is 739 g/mol. The molecule has 0 radical (unpaired) electrons. The molecule has 0 spiro atoms. The molecule has 3 aromatic rings. The topological polar surface area (TPSA) is 143 Å². The number of fused-ring (bicyclic) bond motifs is 1. The SMILES string of the molecule is CCCCCC1(CCCCC)O[C@@H]2[C@@H](C=C(C(=O)NCc3cccc(C(=O)NCCO)c3)C[C@H]2OC(=O)c2ccc(C=CCc3ccccc3O)cc2)O1. The van der Waals surface area contributed by atoms with Crippen molar-refractivity contribution in [1.82, 2.24) is 10.6 Å². The average Bonchev–Trinajstić information content (AvgIpc) is 3.56. The molecule has 10 heteroatoms. The fraction of sp³-hybridized carbons (Fsp3) is 0.432. The maximum atomic E-state index is 13.7. The van der Waals surface area contributed by atoms with Crippen LogP contribution >= 0.6 is 0 Å². The van der Waals surface area contributed by atoms with Crippen LogP contribution in [0.3, 0.4) is 0 Å². The number of carbonyl (C=O) groups is 3. The highest BCUT2D eigenvalue weighted by Gasteiger charge is 2.52. The van der Waals surface area contributed by atoms with Gasteiger partial charge in [0.2, 0.25) is 5.91 Å². The second-order valence-electron chi connectivity index (χ2n) is 14.0. The van der Waals surface area contributed by atoms with Crippen molar-refractivity contribution in [1.29, 1.82) is 0 Å². The molecule has 2 aliphatic rings. The Hall–Kier alpha value is -4.77. The Labute approximate surface area is 318 Å². The van der Waals surface area contributed by atoms with Crippen LogP contribution in [0.2, 0.25) is 0 Å². The lowest BCUT2D eigenvalue weighted by molar-refractivity contribution is -0.190. The molecule has 54 heavy (non-hydrogen) atoms. The van der Waals surface area contributed by atoms with E-state index < -0.39 is 30.1 Å². The number of unbranched alkanes of at least 4 members (excludes halogenated alkanes) is 4. The summed E-state index contributed by atoms with van der Waals surface area (Å²) in [5, 5.41) is 24.7. The highest BCUT2D eigenvalue weighted by Crippen LogP contribution is 2.43. The number of carbonyl (C=O) groups excluding carboxylic acids is 3. The number of benzene rings is 3. The number of ether oxygens (including phenoxy) is 3. The Kier molecular flexibility index (Phi) is 15.0. The molecule has 0 bridgehead atoms. The summed E-state index contributed by atoms with van der Waals surface area (Å²) < 4.78 is 19.7. The molecule has 1 aliphatic carbocycles. The van der Waals surface area contributed by atoms with Crippen LogP contribution in [-0.2, 0) is 32.0 Å². The Balaban J connectivity index is 1.30. The molecule has 2 amide bonds. The molecule has 10 nitrogen and oxygen atoms in total. The second kappa shape index (κ2) is 20.1. The number of hydrogen-bond acceptors (Lipinski definition) is 8. The van der Waals surface area contributed by atoms with E-state index in [0.29, 0.717) is 36.0 Å². The summed E-state index contributed by atoms with van der Waals surface area (Å²) in [6, 6.07) is 21.3. The number of nitrogens with one attached hydrogen (secondary N) is 2. The highest BCUT2D eigenvalue weighted by atomic mass is 16.8. The van der Waals surface area contributed by atoms with Gasteiger partial charge in [0.25, 0.3) is 5.91 Å². The lowest BCUT2D eigenvalue weighted by Gasteiger charge is -2.31. The smallest absolute Gasteiger partial charge is 0.338 e. The lowest BCUT2D eigenvalue weighted by Crippen LogP contribution is -2.43. The Morgan fingerprint density at radius 3 is 2.31 bits per heavy atom. The standard InChI is InChI=1S/C44H54N2O8/c1-3-5-9-23-44(24-10-6-4-2)53-39-29-36(42(50)46-30-32-14-12-17-35(27-32)41(49)45-25-26-47)28-38(40(39)54-44)52-43(51)34-21-19-31(20-22-34)13-11-16-33-15-7-8-18-37(33)48/h7-8,11-15,17-22,27,29,38-40,47-48H,3-6,9-10,16,23-26,28,30H2,1-2H3,(H,45,49)(H,46,50)/t38-,39-,40+/m1/s1. The summed E-state index contributed by atoms with van der Waals surface area (Å²) in [5.74, 6) is -1.71. The van der Waals surface area contributed by atoms with Crippen molar-refractivity contribution < 1.29 is 38.8 Å². The van der Waals surface area contributed by atoms with E-state index in [1.165, 1.54) is 0 Å². The van der Waals surface area contributed by atoms with Gasteiger partial charge in [0.05, 0.1) is 12.2 Å². The van der Waals surface area contributed by atoms with E-state index in [-0.39, 0.29) is 43.7 Å². The van der Waals surface area contributed by atoms with E-state index in [4.69, 9.17) is 19.3 Å². The van der Waals surface area contributed by atoms with Gasteiger partial charge in [-0.15, -0.1) is 0 Å². The Morgan fingerprint density at radius 1 is 0.870 bits per heavy atom. The van der Waals surface area contributed by atoms with Gasteiger partial charge < -0.3 is 35.1 Å². The molecule has 3 aromatic carbocycles. The van der Waals surface area contributed by atoms with Gasteiger partial charge in [-0.25, -0.2) is 4.79 Å². The van der Waals surface area contributed by atoms with E-state index in [2.05, 4.69) is 24.5 Å². The van der Waals surface area contributed by atoms with Crippen LogP contribution in [0.1, 0.15) is 109 Å². The first kappa shape index (κ1) is 40.4. The fourth-order valence-electron chi connectivity index (χ4n) is 6.93. The summed E-state index contributed by atoms with van der Waals surface area (Å²) in [6.07, 6.45) is 12.1. The van der Waals surface area contributed by atoms with Crippen LogP contribution < -0.4 is 10.6 Å². The molecule has 1 saturated heterocycles. The number of amides is 2. The van der Waals surface area contributed by atoms with Crippen molar-refractivity contribution in [3.05, 3.63) is 118 Å². The zero-order valence-electron chi connectivity index (χ0n) is 31.4. The number of para-hydroxylation sites is 1. The minimum Gasteiger partial charge on any atom is -0.508 e. The van der Waals surface area contributed by atoms with Crippen LogP contribution in [0.15, 0.2) is 90.5 Å². The molecular formula is C44H54N2O8. The van der Waals surface area contributed by atoms with Crippen LogP contribution in [0.4, 0.5) is 0 Å². The van der Waals surface area contributed by atoms with Crippen LogP contribution in [-0.4, -0.2) is 65.2 Å². The van der Waals surface area contributed by atoms with E-state index >= 15 is 0 Å². The van der Waals surface area contributed by atoms with Crippen molar-refractivity contribution in [3.8, 4) is 5.75 Å². The van der Waals surface area contributed by atoms with E-state index in [1.54, 1.807) is 42.5 Å². The number of phenolic OH excluding ortho intramolecular Hbond substituents is 1. The van der Waals surface area contributed by atoms with Crippen molar-refractivity contribution in [2.24, 2.45) is 0 Å². The number of aliphatic hydroxyl groups is 1. The van der Waals surface area contributed by atoms with Gasteiger partial charge in [-0.05, 0) is 72.4 Å². The quantitative estimate of drug-likeness (QED) is 0.0749. The zero-order chi connectivity index (χ0) is 38.3. The van der Waals surface area contributed by atoms with Gasteiger partial charge in [0.15, 0.2) is 5.79 Å². The van der Waals surface area contributed by atoms with Crippen molar-refractivity contribution in [2.75, 3.05) is 13.2 Å². The zero-order valence-corrected chi connectivity index (χ0v) is 31.4. The second-order valence-corrected chi connectivity index (χ2v) is 14.0. The van der Waals surface area contributed by atoms with E-state index in [9.17, 15) is 19.5 Å². The molecule has 0 unspecified atom stereocenters. The van der Waals surface area contributed by atoms with Gasteiger partial charge in [-0.2, -0.15) is 0 Å². The minimum atomic E-state index is -0.825. The van der Waals surface area contributed by atoms with Gasteiger partial charge >= 0.3 is 5.97 Å². The molecule has 1 aliphatic heterocycles. The van der Waals surface area contributed by atoms with Gasteiger partial charge in [0, 0.05) is 43.5 Å². The molecule has 0 aromatic heterocycles. The molecule has 4 N–H and O–H groups in total. The summed E-state index contributed by atoms with van der Waals surface area (Å²) >= 11 is 0. The van der Waals surface area contributed by atoms with Gasteiger partial charge in [-0.1, -0.05) is 94.1 Å². The fourth-order valence-corrected chi connectivity index (χ4v) is 6.93. The van der Waals surface area contributed by atoms with Crippen molar-refractivity contribution in [2.45, 2.75) is 109 Å². The molecule has 0 saturated carbocycles. The number of rotatable bonds is 19. The number of esters is 1. The van der Waals surface area contributed by atoms with Crippen LogP contribution in [0, 0.1) is 0 Å². The lowest BCUT2D eigenvalue weighted by atomic mass is 9.91. The number of allylic oxidation sites excluding steroid dienone is 1. The number of aliphatic hydroxyl groups excluding tert-OH is 1. The molecule has 5 rings (SSSR count). The summed E-state index contributed by atoms with van der Waals surface area (Å²) in [4.78, 5) is 39.7. The first-order chi connectivity index (χ1) is 26.2. The largest absolute Gasteiger partial charge is 0.508 e. The number of phenols is 1. The monoisotopic (exact) mass is 738 g/mol. The molecular weight excluding hydrogens is 684 g/mol. The normalized spacial score (nSPS) is 18.9. The summed E-state index contributed by atoms with van der Waals surface area (Å²) in [5.41, 5.74) is 3.71. The first-order valence-corrected chi connectivity index (χ1v) is 19.3. The summed E-state index contributed by atoms with van der Waals surface area (Å²) in [6.45, 7) is 4.49. The van der Waals surface area contributed by atoms with Crippen LogP contribution in [0.5, 0.6) is 5.75 Å². The van der Waals surface area contributed by atoms with Crippen molar-refractivity contribution >= 4 is 23.9 Å². The molecule has 1 heterocycles. The van der Waals surface area contributed by atoms with Gasteiger partial charge in [-0.3, -0.25) is 9.59 Å². The minimum absolute atomic E-state index is 0.150. The molecule has 1 fully saturated rings. The third-order valence-corrected chi connectivity index (χ3v) is 9.88.